The van der Waals surface area contributed by atoms with Crippen molar-refractivity contribution in [2.75, 3.05) is 19.8 Å². The standard InChI is InChI=1S/C21H25NO2/c23-21(22-15-18-5-4-14-24-16-18)13-10-17-8-11-20(12-9-17)19-6-2-1-3-7-19/h1-3,6-9,11-12,18H,4-5,10,13-16H2,(H,22,23)/t18-/m1/s1. The predicted octanol–water partition coefficient (Wildman–Crippen LogP) is 3.83. The number of hydrogen-bond acceptors (Lipinski definition) is 2. The van der Waals surface area contributed by atoms with Crippen LogP contribution in [0.3, 0.4) is 0 Å². The average molecular weight is 323 g/mol. The van der Waals surface area contributed by atoms with E-state index in [0.29, 0.717) is 12.3 Å². The van der Waals surface area contributed by atoms with Crippen LogP contribution in [0.1, 0.15) is 24.8 Å². The molecule has 1 fully saturated rings. The molecule has 3 nitrogen and oxygen atoms in total. The first-order valence-electron chi connectivity index (χ1n) is 8.80. The third kappa shape index (κ3) is 4.93. The number of aryl methyl sites for hydroxylation is 1. The molecule has 3 heteroatoms. The number of amides is 1. The predicted molar refractivity (Wildman–Crippen MR) is 96.8 cm³/mol. The van der Waals surface area contributed by atoms with Gasteiger partial charge in [-0.15, -0.1) is 0 Å². The second-order valence-corrected chi connectivity index (χ2v) is 6.45. The Morgan fingerprint density at radius 3 is 2.50 bits per heavy atom. The summed E-state index contributed by atoms with van der Waals surface area (Å²) in [6, 6.07) is 18.8. The van der Waals surface area contributed by atoms with Gasteiger partial charge in [-0.2, -0.15) is 0 Å². The summed E-state index contributed by atoms with van der Waals surface area (Å²) in [7, 11) is 0. The van der Waals surface area contributed by atoms with Crippen molar-refractivity contribution in [3.05, 3.63) is 60.2 Å². The molecule has 1 heterocycles. The van der Waals surface area contributed by atoms with Crippen LogP contribution in [0, 0.1) is 5.92 Å². The first-order chi connectivity index (χ1) is 11.8. The minimum Gasteiger partial charge on any atom is -0.381 e. The number of carbonyl (C=O) groups excluding carboxylic acids is 1. The largest absolute Gasteiger partial charge is 0.381 e. The zero-order valence-corrected chi connectivity index (χ0v) is 14.0. The Balaban J connectivity index is 1.43. The lowest BCUT2D eigenvalue weighted by Gasteiger charge is -2.22. The fourth-order valence-corrected chi connectivity index (χ4v) is 3.07. The van der Waals surface area contributed by atoms with Gasteiger partial charge in [0.1, 0.15) is 0 Å². The molecule has 1 aliphatic heterocycles. The highest BCUT2D eigenvalue weighted by Gasteiger charge is 2.14. The molecule has 1 N–H and O–H groups in total. The highest BCUT2D eigenvalue weighted by Crippen LogP contribution is 2.19. The van der Waals surface area contributed by atoms with E-state index in [9.17, 15) is 4.79 Å². The van der Waals surface area contributed by atoms with Crippen molar-refractivity contribution in [3.8, 4) is 11.1 Å². The summed E-state index contributed by atoms with van der Waals surface area (Å²) in [5.74, 6) is 0.612. The van der Waals surface area contributed by atoms with E-state index in [-0.39, 0.29) is 5.91 Å². The molecule has 0 saturated carbocycles. The lowest BCUT2D eigenvalue weighted by Crippen LogP contribution is -2.33. The number of nitrogens with one attached hydrogen (secondary N) is 1. The first kappa shape index (κ1) is 16.7. The molecule has 1 aliphatic rings. The molecule has 0 spiro atoms. The van der Waals surface area contributed by atoms with Crippen LogP contribution in [-0.2, 0) is 16.0 Å². The van der Waals surface area contributed by atoms with Gasteiger partial charge in [-0.25, -0.2) is 0 Å². The molecule has 0 aliphatic carbocycles. The normalized spacial score (nSPS) is 17.4. The molecule has 0 bridgehead atoms. The molecule has 0 radical (unpaired) electrons. The summed E-state index contributed by atoms with van der Waals surface area (Å²) in [5.41, 5.74) is 3.63. The summed E-state index contributed by atoms with van der Waals surface area (Å²) >= 11 is 0. The molecule has 1 saturated heterocycles. The second kappa shape index (κ2) is 8.65. The van der Waals surface area contributed by atoms with Gasteiger partial charge in [0.05, 0.1) is 6.61 Å². The summed E-state index contributed by atoms with van der Waals surface area (Å²) < 4.78 is 5.44. The van der Waals surface area contributed by atoms with Crippen LogP contribution in [0.2, 0.25) is 0 Å². The van der Waals surface area contributed by atoms with Crippen LogP contribution in [-0.4, -0.2) is 25.7 Å². The van der Waals surface area contributed by atoms with Crippen LogP contribution >= 0.6 is 0 Å². The van der Waals surface area contributed by atoms with E-state index in [4.69, 9.17) is 4.74 Å². The van der Waals surface area contributed by atoms with Crippen molar-refractivity contribution in [2.45, 2.75) is 25.7 Å². The van der Waals surface area contributed by atoms with Gasteiger partial charge in [0.25, 0.3) is 0 Å². The summed E-state index contributed by atoms with van der Waals surface area (Å²) in [5, 5.41) is 3.04. The van der Waals surface area contributed by atoms with E-state index in [1.165, 1.54) is 16.7 Å². The topological polar surface area (TPSA) is 38.3 Å². The molecule has 0 aromatic heterocycles. The van der Waals surface area contributed by atoms with Crippen molar-refractivity contribution < 1.29 is 9.53 Å². The van der Waals surface area contributed by atoms with Gasteiger partial charge in [-0.05, 0) is 41.9 Å². The molecule has 1 atom stereocenters. The summed E-state index contributed by atoms with van der Waals surface area (Å²) in [4.78, 5) is 12.0. The van der Waals surface area contributed by atoms with Crippen molar-refractivity contribution in [1.82, 2.24) is 5.32 Å². The number of ether oxygens (including phenoxy) is 1. The van der Waals surface area contributed by atoms with E-state index in [1.54, 1.807) is 0 Å². The molecule has 3 rings (SSSR count). The Bertz CT molecular complexity index is 631. The van der Waals surface area contributed by atoms with Gasteiger partial charge in [-0.3, -0.25) is 4.79 Å². The van der Waals surface area contributed by atoms with Gasteiger partial charge < -0.3 is 10.1 Å². The van der Waals surface area contributed by atoms with E-state index >= 15 is 0 Å². The monoisotopic (exact) mass is 323 g/mol. The fourth-order valence-electron chi connectivity index (χ4n) is 3.07. The van der Waals surface area contributed by atoms with Gasteiger partial charge in [-0.1, -0.05) is 54.6 Å². The Labute approximate surface area is 144 Å². The van der Waals surface area contributed by atoms with Crippen molar-refractivity contribution >= 4 is 5.91 Å². The molecule has 2 aromatic carbocycles. The number of benzene rings is 2. The van der Waals surface area contributed by atoms with E-state index < -0.39 is 0 Å². The van der Waals surface area contributed by atoms with Gasteiger partial charge >= 0.3 is 0 Å². The number of hydrogen-bond donors (Lipinski definition) is 1. The molecule has 126 valence electrons. The Hall–Kier alpha value is -2.13. The Morgan fingerprint density at radius 1 is 1.04 bits per heavy atom. The molecule has 0 unspecified atom stereocenters. The highest BCUT2D eigenvalue weighted by molar-refractivity contribution is 5.76. The maximum atomic E-state index is 12.0. The Kier molecular flexibility index (Phi) is 6.02. The average Bonchev–Trinajstić information content (AvgIpc) is 2.67. The van der Waals surface area contributed by atoms with Crippen molar-refractivity contribution in [1.29, 1.82) is 0 Å². The zero-order chi connectivity index (χ0) is 16.6. The maximum absolute atomic E-state index is 12.0. The van der Waals surface area contributed by atoms with Crippen LogP contribution in [0.15, 0.2) is 54.6 Å². The fraction of sp³-hybridized carbons (Fsp3) is 0.381. The number of carbonyl (C=O) groups is 1. The number of rotatable bonds is 6. The minimum absolute atomic E-state index is 0.132. The molecular weight excluding hydrogens is 298 g/mol. The molecule has 2 aromatic rings. The lowest BCUT2D eigenvalue weighted by molar-refractivity contribution is -0.121. The third-order valence-electron chi connectivity index (χ3n) is 4.54. The second-order valence-electron chi connectivity index (χ2n) is 6.45. The molecule has 24 heavy (non-hydrogen) atoms. The molecule has 1 amide bonds. The summed E-state index contributed by atoms with van der Waals surface area (Å²) in [6.45, 7) is 2.39. The minimum atomic E-state index is 0.132. The zero-order valence-electron chi connectivity index (χ0n) is 14.0. The van der Waals surface area contributed by atoms with Crippen LogP contribution < -0.4 is 5.32 Å². The quantitative estimate of drug-likeness (QED) is 0.877. The van der Waals surface area contributed by atoms with Crippen LogP contribution in [0.25, 0.3) is 11.1 Å². The van der Waals surface area contributed by atoms with E-state index in [0.717, 1.165) is 39.0 Å². The van der Waals surface area contributed by atoms with Crippen molar-refractivity contribution in [3.63, 3.8) is 0 Å². The van der Waals surface area contributed by atoms with Crippen LogP contribution in [0.4, 0.5) is 0 Å². The van der Waals surface area contributed by atoms with Gasteiger partial charge in [0.15, 0.2) is 0 Å². The van der Waals surface area contributed by atoms with Gasteiger partial charge in [0.2, 0.25) is 5.91 Å². The smallest absolute Gasteiger partial charge is 0.220 e. The first-order valence-corrected chi connectivity index (χ1v) is 8.80. The Morgan fingerprint density at radius 2 is 1.79 bits per heavy atom. The SMILES string of the molecule is O=C(CCc1ccc(-c2ccccc2)cc1)NC[C@H]1CCCOC1. The molecular formula is C21H25NO2. The maximum Gasteiger partial charge on any atom is 0.220 e. The lowest BCUT2D eigenvalue weighted by atomic mass is 10.0. The third-order valence-corrected chi connectivity index (χ3v) is 4.54. The van der Waals surface area contributed by atoms with E-state index in [1.807, 2.05) is 18.2 Å². The van der Waals surface area contributed by atoms with Crippen LogP contribution in [0.5, 0.6) is 0 Å². The summed E-state index contributed by atoms with van der Waals surface area (Å²) in [6.07, 6.45) is 3.58. The van der Waals surface area contributed by atoms with E-state index in [2.05, 4.69) is 41.7 Å². The van der Waals surface area contributed by atoms with Crippen molar-refractivity contribution in [2.24, 2.45) is 5.92 Å². The van der Waals surface area contributed by atoms with Gasteiger partial charge in [0, 0.05) is 19.6 Å². The highest BCUT2D eigenvalue weighted by atomic mass is 16.5.